The molecular weight excluding hydrogens is 410 g/mol. The van der Waals surface area contributed by atoms with Gasteiger partial charge in [0.15, 0.2) is 5.82 Å². The molecule has 2 aliphatic heterocycles. The molecule has 0 aliphatic carbocycles. The normalized spacial score (nSPS) is 16.1. The van der Waals surface area contributed by atoms with Gasteiger partial charge in [0.2, 0.25) is 0 Å². The zero-order valence-corrected chi connectivity index (χ0v) is 17.6. The van der Waals surface area contributed by atoms with E-state index < -0.39 is 0 Å². The van der Waals surface area contributed by atoms with Gasteiger partial charge < -0.3 is 24.0 Å². The van der Waals surface area contributed by atoms with Gasteiger partial charge >= 0.3 is 6.09 Å². The number of aromatic nitrogens is 1. The number of morpholine rings is 1. The van der Waals surface area contributed by atoms with E-state index in [0.717, 1.165) is 24.5 Å². The van der Waals surface area contributed by atoms with E-state index in [0.29, 0.717) is 51.1 Å². The molecule has 0 radical (unpaired) electrons. The zero-order valence-electron chi connectivity index (χ0n) is 17.6. The number of amides is 1. The summed E-state index contributed by atoms with van der Waals surface area (Å²) in [7, 11) is 0. The molecule has 1 N–H and O–H groups in total. The predicted octanol–water partition coefficient (Wildman–Crippen LogP) is 3.14. The molecule has 0 saturated carbocycles. The number of carbonyl (C=O) groups is 1. The lowest BCUT2D eigenvalue weighted by molar-refractivity contribution is 0.122. The minimum Gasteiger partial charge on any atom is -0.491 e. The molecule has 2 saturated heterocycles. The minimum atomic E-state index is -0.292. The average Bonchev–Trinajstić information content (AvgIpc) is 3.19. The Kier molecular flexibility index (Phi) is 8.27. The van der Waals surface area contributed by atoms with Crippen LogP contribution in [0.4, 0.5) is 16.4 Å². The lowest BCUT2D eigenvalue weighted by Crippen LogP contribution is -2.36. The fourth-order valence-corrected chi connectivity index (χ4v) is 3.41. The molecule has 1 amide bonds. The van der Waals surface area contributed by atoms with E-state index in [4.69, 9.17) is 14.2 Å². The topological polar surface area (TPSA) is 88.5 Å². The summed E-state index contributed by atoms with van der Waals surface area (Å²) in [6.07, 6.45) is 1.47. The Balaban J connectivity index is 0.00000289. The zero-order chi connectivity index (χ0) is 21.5. The molecule has 4 rings (SSSR count). The van der Waals surface area contributed by atoms with E-state index in [1.807, 2.05) is 31.2 Å². The standard InChI is InChI=1S/C22H27N5O4.CH4/c1-17-3-2-4-18(13-17)16-23-25-20-14-19(30-11-7-27-8-12-31-22(27)28)15-21(24-20)26-5-9-29-10-6-26;/h2-4,13-16H,5-12H2,1H3,(H,24,25);1H4/b23-16+;. The molecule has 2 fully saturated rings. The maximum atomic E-state index is 11.6. The first-order chi connectivity index (χ1) is 15.2. The van der Waals surface area contributed by atoms with Gasteiger partial charge in [0.05, 0.1) is 32.5 Å². The van der Waals surface area contributed by atoms with Gasteiger partial charge in [0.1, 0.15) is 24.8 Å². The lowest BCUT2D eigenvalue weighted by Gasteiger charge is -2.28. The molecule has 0 unspecified atom stereocenters. The summed E-state index contributed by atoms with van der Waals surface area (Å²) in [5.41, 5.74) is 5.19. The minimum absolute atomic E-state index is 0. The van der Waals surface area contributed by atoms with Crippen molar-refractivity contribution in [2.45, 2.75) is 14.4 Å². The quantitative estimate of drug-likeness (QED) is 0.497. The number of ether oxygens (including phenoxy) is 3. The van der Waals surface area contributed by atoms with Gasteiger partial charge in [-0.1, -0.05) is 37.3 Å². The smallest absolute Gasteiger partial charge is 0.410 e. The number of anilines is 2. The fourth-order valence-electron chi connectivity index (χ4n) is 3.41. The predicted molar refractivity (Wildman–Crippen MR) is 125 cm³/mol. The summed E-state index contributed by atoms with van der Waals surface area (Å²) in [6.45, 7) is 6.78. The van der Waals surface area contributed by atoms with Gasteiger partial charge in [0, 0.05) is 25.2 Å². The first kappa shape index (κ1) is 23.3. The van der Waals surface area contributed by atoms with Gasteiger partial charge in [-0.15, -0.1) is 0 Å². The third-order valence-corrected chi connectivity index (χ3v) is 5.03. The number of carbonyl (C=O) groups excluding carboxylic acids is 1. The summed E-state index contributed by atoms with van der Waals surface area (Å²) in [5.74, 6) is 2.05. The Hall–Kier alpha value is -3.33. The van der Waals surface area contributed by atoms with Crippen LogP contribution in [0.3, 0.4) is 0 Å². The summed E-state index contributed by atoms with van der Waals surface area (Å²) in [4.78, 5) is 20.1. The van der Waals surface area contributed by atoms with Crippen molar-refractivity contribution in [3.8, 4) is 5.75 Å². The molecule has 172 valence electrons. The van der Waals surface area contributed by atoms with Gasteiger partial charge in [-0.25, -0.2) is 9.78 Å². The summed E-state index contributed by atoms with van der Waals surface area (Å²) in [5, 5.41) is 4.33. The van der Waals surface area contributed by atoms with Crippen LogP contribution in [0.1, 0.15) is 18.6 Å². The largest absolute Gasteiger partial charge is 0.491 e. The third-order valence-electron chi connectivity index (χ3n) is 5.03. The summed E-state index contributed by atoms with van der Waals surface area (Å²) >= 11 is 0. The highest BCUT2D eigenvalue weighted by Crippen LogP contribution is 2.24. The average molecular weight is 442 g/mol. The number of hydrogen-bond donors (Lipinski definition) is 1. The molecule has 2 aromatic rings. The van der Waals surface area contributed by atoms with Gasteiger partial charge in [-0.3, -0.25) is 5.43 Å². The van der Waals surface area contributed by atoms with E-state index >= 15 is 0 Å². The van der Waals surface area contributed by atoms with Crippen LogP contribution in [-0.4, -0.2) is 74.8 Å². The molecule has 1 aromatic carbocycles. The number of nitrogens with zero attached hydrogens (tertiary/aromatic N) is 4. The van der Waals surface area contributed by atoms with Crippen molar-refractivity contribution in [2.75, 3.05) is 62.9 Å². The van der Waals surface area contributed by atoms with E-state index in [1.54, 1.807) is 17.2 Å². The van der Waals surface area contributed by atoms with Crippen LogP contribution < -0.4 is 15.1 Å². The van der Waals surface area contributed by atoms with Crippen molar-refractivity contribution in [1.29, 1.82) is 0 Å². The molecule has 1 aromatic heterocycles. The van der Waals surface area contributed by atoms with E-state index in [2.05, 4.69) is 26.5 Å². The van der Waals surface area contributed by atoms with Crippen LogP contribution in [0.15, 0.2) is 41.5 Å². The number of hydrogen-bond acceptors (Lipinski definition) is 8. The SMILES string of the molecule is C.Cc1cccc(/C=N/Nc2cc(OCCN3CCOC3=O)cc(N3CCOCC3)n2)c1. The van der Waals surface area contributed by atoms with Crippen LogP contribution in [-0.2, 0) is 9.47 Å². The van der Waals surface area contributed by atoms with Crippen LogP contribution in [0.25, 0.3) is 0 Å². The summed E-state index contributed by atoms with van der Waals surface area (Å²) in [6, 6.07) is 11.8. The van der Waals surface area contributed by atoms with Crippen LogP contribution in [0, 0.1) is 6.92 Å². The number of rotatable bonds is 8. The molecule has 9 nitrogen and oxygen atoms in total. The molecule has 0 spiro atoms. The maximum absolute atomic E-state index is 11.6. The Morgan fingerprint density at radius 1 is 1.19 bits per heavy atom. The molecule has 9 heteroatoms. The Bertz CT molecular complexity index is 930. The second-order valence-corrected chi connectivity index (χ2v) is 7.38. The molecular formula is C23H31N5O4. The first-order valence-electron chi connectivity index (χ1n) is 10.4. The number of benzene rings is 1. The van der Waals surface area contributed by atoms with Crippen molar-refractivity contribution in [2.24, 2.45) is 5.10 Å². The summed E-state index contributed by atoms with van der Waals surface area (Å²) < 4.78 is 16.3. The van der Waals surface area contributed by atoms with Crippen molar-refractivity contribution in [3.63, 3.8) is 0 Å². The third kappa shape index (κ3) is 6.34. The highest BCUT2D eigenvalue weighted by atomic mass is 16.6. The fraction of sp³-hybridized carbons (Fsp3) is 0.435. The number of hydrazone groups is 1. The van der Waals surface area contributed by atoms with Crippen molar-refractivity contribution in [3.05, 3.63) is 47.5 Å². The second kappa shape index (κ2) is 11.3. The molecule has 2 aliphatic rings. The Labute approximate surface area is 189 Å². The Morgan fingerprint density at radius 3 is 2.78 bits per heavy atom. The van der Waals surface area contributed by atoms with E-state index in [1.165, 1.54) is 5.56 Å². The van der Waals surface area contributed by atoms with Gasteiger partial charge in [-0.2, -0.15) is 5.10 Å². The van der Waals surface area contributed by atoms with Crippen molar-refractivity contribution < 1.29 is 19.0 Å². The van der Waals surface area contributed by atoms with Crippen molar-refractivity contribution >= 4 is 23.9 Å². The highest BCUT2D eigenvalue weighted by molar-refractivity contribution is 5.80. The lowest BCUT2D eigenvalue weighted by atomic mass is 10.2. The van der Waals surface area contributed by atoms with E-state index in [9.17, 15) is 4.79 Å². The van der Waals surface area contributed by atoms with Crippen LogP contribution in [0.5, 0.6) is 5.75 Å². The number of cyclic esters (lactones) is 1. The number of pyridine rings is 1. The van der Waals surface area contributed by atoms with E-state index in [-0.39, 0.29) is 13.5 Å². The van der Waals surface area contributed by atoms with Crippen molar-refractivity contribution in [1.82, 2.24) is 9.88 Å². The van der Waals surface area contributed by atoms with Gasteiger partial charge in [0.25, 0.3) is 0 Å². The maximum Gasteiger partial charge on any atom is 0.410 e. The number of aryl methyl sites for hydroxylation is 1. The number of nitrogens with one attached hydrogen (secondary N) is 1. The molecule has 3 heterocycles. The van der Waals surface area contributed by atoms with Crippen LogP contribution >= 0.6 is 0 Å². The molecule has 0 bridgehead atoms. The Morgan fingerprint density at radius 2 is 2.03 bits per heavy atom. The first-order valence-corrected chi connectivity index (χ1v) is 10.4. The molecule has 32 heavy (non-hydrogen) atoms. The van der Waals surface area contributed by atoms with Gasteiger partial charge in [-0.05, 0) is 12.5 Å². The second-order valence-electron chi connectivity index (χ2n) is 7.38. The highest BCUT2D eigenvalue weighted by Gasteiger charge is 2.21. The molecule has 0 atom stereocenters. The monoisotopic (exact) mass is 441 g/mol. The van der Waals surface area contributed by atoms with Crippen LogP contribution in [0.2, 0.25) is 0 Å².